The molecule has 2 N–H and O–H groups in total. The van der Waals surface area contributed by atoms with Crippen LogP contribution in [-0.4, -0.2) is 35.2 Å². The molecule has 4 atom stereocenters. The van der Waals surface area contributed by atoms with Crippen LogP contribution in [0.3, 0.4) is 0 Å². The summed E-state index contributed by atoms with van der Waals surface area (Å²) in [7, 11) is 0. The molecule has 0 bridgehead atoms. The number of nitrogens with one attached hydrogen (secondary N) is 1. The Morgan fingerprint density at radius 3 is 2.64 bits per heavy atom. The molecule has 1 aliphatic rings. The maximum atomic E-state index is 11.6. The second-order valence-corrected chi connectivity index (χ2v) is 5.15. The highest BCUT2D eigenvalue weighted by Gasteiger charge is 2.39. The second kappa shape index (κ2) is 5.03. The van der Waals surface area contributed by atoms with Gasteiger partial charge >= 0.3 is 0 Å². The molecule has 4 heteroatoms. The van der Waals surface area contributed by atoms with Crippen LogP contribution in [0.2, 0.25) is 0 Å². The van der Waals surface area contributed by atoms with Gasteiger partial charge in [0.25, 0.3) is 0 Å². The molecule has 0 aliphatic heterocycles. The first-order valence-electron chi connectivity index (χ1n) is 5.04. The van der Waals surface area contributed by atoms with Crippen molar-refractivity contribution in [1.29, 1.82) is 0 Å². The Hall–Kier alpha value is -0.220. The lowest BCUT2D eigenvalue weighted by Crippen LogP contribution is -2.42. The molecule has 1 aliphatic carbocycles. The van der Waals surface area contributed by atoms with Gasteiger partial charge in [0.1, 0.15) is 0 Å². The second-order valence-electron chi connectivity index (χ2n) is 4.07. The summed E-state index contributed by atoms with van der Waals surface area (Å²) in [6, 6.07) is 0.0512. The maximum absolute atomic E-state index is 11.6. The first kappa shape index (κ1) is 11.9. The third kappa shape index (κ3) is 2.89. The van der Waals surface area contributed by atoms with Gasteiger partial charge in [-0.2, -0.15) is 11.8 Å². The van der Waals surface area contributed by atoms with Crippen LogP contribution in [0, 0.1) is 11.8 Å². The van der Waals surface area contributed by atoms with Crippen molar-refractivity contribution >= 4 is 17.7 Å². The topological polar surface area (TPSA) is 49.3 Å². The van der Waals surface area contributed by atoms with Crippen LogP contribution in [0.1, 0.15) is 20.3 Å². The van der Waals surface area contributed by atoms with Crippen LogP contribution in [0.15, 0.2) is 0 Å². The van der Waals surface area contributed by atoms with Crippen molar-refractivity contribution in [2.75, 3.05) is 12.9 Å². The van der Waals surface area contributed by atoms with Gasteiger partial charge in [-0.25, -0.2) is 0 Å². The number of thioether (sulfide) groups is 1. The molecule has 1 rings (SSSR count). The van der Waals surface area contributed by atoms with Gasteiger partial charge < -0.3 is 10.4 Å². The van der Waals surface area contributed by atoms with Crippen molar-refractivity contribution in [2.45, 2.75) is 31.6 Å². The predicted molar refractivity (Wildman–Crippen MR) is 59.3 cm³/mol. The zero-order chi connectivity index (χ0) is 10.7. The monoisotopic (exact) mass is 217 g/mol. The number of hydrogen-bond acceptors (Lipinski definition) is 3. The van der Waals surface area contributed by atoms with Crippen molar-refractivity contribution < 1.29 is 9.90 Å². The van der Waals surface area contributed by atoms with E-state index in [2.05, 4.69) is 12.2 Å². The van der Waals surface area contributed by atoms with E-state index in [0.29, 0.717) is 5.92 Å². The first-order chi connectivity index (χ1) is 6.60. The minimum atomic E-state index is 0.0512. The Bertz CT molecular complexity index is 206. The Balaban J connectivity index is 2.31. The zero-order valence-electron chi connectivity index (χ0n) is 8.99. The number of aliphatic hydroxyl groups excluding tert-OH is 1. The summed E-state index contributed by atoms with van der Waals surface area (Å²) in [6.07, 6.45) is 2.96. The molecule has 4 unspecified atom stereocenters. The molecule has 0 radical (unpaired) electrons. The molecular formula is C10H19NO2S. The largest absolute Gasteiger partial charge is 0.395 e. The predicted octanol–water partition coefficient (Wildman–Crippen LogP) is 0.871. The molecule has 14 heavy (non-hydrogen) atoms. The lowest BCUT2D eigenvalue weighted by Gasteiger charge is -2.21. The van der Waals surface area contributed by atoms with Crippen molar-refractivity contribution in [3.63, 3.8) is 0 Å². The van der Waals surface area contributed by atoms with Gasteiger partial charge in [-0.1, -0.05) is 6.92 Å². The van der Waals surface area contributed by atoms with E-state index in [1.165, 1.54) is 0 Å². The van der Waals surface area contributed by atoms with Crippen molar-refractivity contribution in [3.8, 4) is 0 Å². The standard InChI is InChI=1S/C10H19NO2S/c1-6-4-8(6)10(13)11-7(2)9(5-12)14-3/h6-9,12H,4-5H2,1-3H3,(H,11,13). The summed E-state index contributed by atoms with van der Waals surface area (Å²) in [4.78, 5) is 11.6. The molecule has 0 aromatic heterocycles. The Kier molecular flexibility index (Phi) is 4.26. The number of carbonyl (C=O) groups excluding carboxylic acids is 1. The number of rotatable bonds is 5. The molecule has 0 saturated heterocycles. The first-order valence-corrected chi connectivity index (χ1v) is 6.33. The third-order valence-corrected chi connectivity index (χ3v) is 4.02. The molecule has 0 aromatic rings. The minimum Gasteiger partial charge on any atom is -0.395 e. The van der Waals surface area contributed by atoms with E-state index in [0.717, 1.165) is 6.42 Å². The lowest BCUT2D eigenvalue weighted by atomic mass is 10.2. The summed E-state index contributed by atoms with van der Waals surface area (Å²) in [5.41, 5.74) is 0. The average molecular weight is 217 g/mol. The highest BCUT2D eigenvalue weighted by atomic mass is 32.2. The van der Waals surface area contributed by atoms with Gasteiger partial charge in [0.15, 0.2) is 0 Å². The Morgan fingerprint density at radius 2 is 2.29 bits per heavy atom. The van der Waals surface area contributed by atoms with E-state index >= 15 is 0 Å². The number of amides is 1. The fourth-order valence-corrected chi connectivity index (χ4v) is 2.17. The van der Waals surface area contributed by atoms with E-state index < -0.39 is 0 Å². The van der Waals surface area contributed by atoms with Gasteiger partial charge in [-0.3, -0.25) is 4.79 Å². The van der Waals surface area contributed by atoms with E-state index in [9.17, 15) is 4.79 Å². The average Bonchev–Trinajstić information content (AvgIpc) is 2.84. The molecule has 82 valence electrons. The third-order valence-electron chi connectivity index (χ3n) is 2.86. The zero-order valence-corrected chi connectivity index (χ0v) is 9.80. The minimum absolute atomic E-state index is 0.0512. The highest BCUT2D eigenvalue weighted by Crippen LogP contribution is 2.37. The van der Waals surface area contributed by atoms with Crippen LogP contribution in [0.4, 0.5) is 0 Å². The highest BCUT2D eigenvalue weighted by molar-refractivity contribution is 7.99. The maximum Gasteiger partial charge on any atom is 0.223 e. The van der Waals surface area contributed by atoms with Crippen LogP contribution in [-0.2, 0) is 4.79 Å². The van der Waals surface area contributed by atoms with Crippen LogP contribution < -0.4 is 5.32 Å². The molecule has 3 nitrogen and oxygen atoms in total. The summed E-state index contributed by atoms with van der Waals surface area (Å²) in [5, 5.41) is 12.1. The quantitative estimate of drug-likeness (QED) is 0.718. The van der Waals surface area contributed by atoms with Gasteiger partial charge in [0, 0.05) is 17.2 Å². The molecule has 1 fully saturated rings. The van der Waals surface area contributed by atoms with Crippen molar-refractivity contribution in [3.05, 3.63) is 0 Å². The summed E-state index contributed by atoms with van der Waals surface area (Å²) in [5.74, 6) is 0.917. The fourth-order valence-electron chi connectivity index (χ4n) is 1.55. The SMILES string of the molecule is CSC(CO)C(C)NC(=O)C1CC1C. The smallest absolute Gasteiger partial charge is 0.223 e. The molecule has 1 saturated carbocycles. The molecular weight excluding hydrogens is 198 g/mol. The van der Waals surface area contributed by atoms with E-state index in [1.807, 2.05) is 13.2 Å². The van der Waals surface area contributed by atoms with Crippen molar-refractivity contribution in [1.82, 2.24) is 5.32 Å². The Labute approximate surface area is 89.6 Å². The van der Waals surface area contributed by atoms with E-state index in [1.54, 1.807) is 11.8 Å². The number of hydrogen-bond donors (Lipinski definition) is 2. The lowest BCUT2D eigenvalue weighted by molar-refractivity contribution is -0.123. The molecule has 1 amide bonds. The van der Waals surface area contributed by atoms with Gasteiger partial charge in [0.2, 0.25) is 5.91 Å². The Morgan fingerprint density at radius 1 is 1.71 bits per heavy atom. The van der Waals surface area contributed by atoms with E-state index in [4.69, 9.17) is 5.11 Å². The van der Waals surface area contributed by atoms with E-state index in [-0.39, 0.29) is 29.7 Å². The summed E-state index contributed by atoms with van der Waals surface area (Å²) in [6.45, 7) is 4.15. The van der Waals surface area contributed by atoms with Crippen LogP contribution in [0.5, 0.6) is 0 Å². The fraction of sp³-hybridized carbons (Fsp3) is 0.900. The number of carbonyl (C=O) groups is 1. The normalized spacial score (nSPS) is 29.4. The number of aliphatic hydroxyl groups is 1. The van der Waals surface area contributed by atoms with Crippen molar-refractivity contribution in [2.24, 2.45) is 11.8 Å². The molecule has 0 heterocycles. The van der Waals surface area contributed by atoms with Gasteiger partial charge in [0.05, 0.1) is 6.61 Å². The van der Waals surface area contributed by atoms with Crippen LogP contribution in [0.25, 0.3) is 0 Å². The molecule has 0 spiro atoms. The van der Waals surface area contributed by atoms with Crippen LogP contribution >= 0.6 is 11.8 Å². The molecule has 0 aromatic carbocycles. The van der Waals surface area contributed by atoms with Gasteiger partial charge in [-0.15, -0.1) is 0 Å². The van der Waals surface area contributed by atoms with Gasteiger partial charge in [-0.05, 0) is 25.5 Å². The summed E-state index contributed by atoms with van der Waals surface area (Å²) >= 11 is 1.59. The summed E-state index contributed by atoms with van der Waals surface area (Å²) < 4.78 is 0.